The van der Waals surface area contributed by atoms with Crippen molar-refractivity contribution in [3.05, 3.63) is 52.5 Å². The lowest BCUT2D eigenvalue weighted by atomic mass is 9.94. The summed E-state index contributed by atoms with van der Waals surface area (Å²) in [4.78, 5) is 12.6. The number of hydrogen-bond acceptors (Lipinski definition) is 6. The van der Waals surface area contributed by atoms with Crippen molar-refractivity contribution in [3.63, 3.8) is 0 Å². The van der Waals surface area contributed by atoms with Crippen LogP contribution in [0.3, 0.4) is 0 Å². The van der Waals surface area contributed by atoms with Gasteiger partial charge in [0.1, 0.15) is 23.4 Å². The molecule has 0 saturated carbocycles. The summed E-state index contributed by atoms with van der Waals surface area (Å²) in [7, 11) is 0. The molecule has 154 valence electrons. The average Bonchev–Trinajstić information content (AvgIpc) is 2.66. The van der Waals surface area contributed by atoms with Crippen LogP contribution in [0, 0.1) is 6.92 Å². The Labute approximate surface area is 179 Å². The predicted molar refractivity (Wildman–Crippen MR) is 116 cm³/mol. The first-order valence-corrected chi connectivity index (χ1v) is 10.4. The first-order valence-electron chi connectivity index (χ1n) is 9.24. The number of carbonyl (C=O) groups is 1. The first-order chi connectivity index (χ1) is 13.8. The molecule has 0 saturated heterocycles. The van der Waals surface area contributed by atoms with Crippen molar-refractivity contribution in [2.75, 3.05) is 11.9 Å². The second kappa shape index (κ2) is 9.41. The standard InChI is InChI=1S/C21H23ClN2O4S/c1-14-6-8-16(9-7-14)29-28-23-10-4-5-11-26-15-12-17-19(18(22)13-15)24-20(25)27-21(17,2)3/h6-10,12-13H,4-5,11H2,1-3H3,(H,24,25). The summed E-state index contributed by atoms with van der Waals surface area (Å²) in [5, 5.41) is 7.00. The lowest BCUT2D eigenvalue weighted by molar-refractivity contribution is 0.0418. The van der Waals surface area contributed by atoms with Crippen LogP contribution in [0.5, 0.6) is 5.75 Å². The van der Waals surface area contributed by atoms with Gasteiger partial charge in [-0.25, -0.2) is 4.79 Å². The van der Waals surface area contributed by atoms with E-state index in [4.69, 9.17) is 25.4 Å². The van der Waals surface area contributed by atoms with E-state index in [2.05, 4.69) is 10.5 Å². The molecule has 0 radical (unpaired) electrons. The number of aryl methyl sites for hydroxylation is 1. The second-order valence-electron chi connectivity index (χ2n) is 7.10. The van der Waals surface area contributed by atoms with Crippen LogP contribution in [-0.4, -0.2) is 18.9 Å². The Bertz CT molecular complexity index is 900. The van der Waals surface area contributed by atoms with Crippen molar-refractivity contribution in [1.29, 1.82) is 0 Å². The maximum Gasteiger partial charge on any atom is 0.412 e. The molecule has 1 aliphatic rings. The van der Waals surface area contributed by atoms with Gasteiger partial charge in [0.2, 0.25) is 0 Å². The van der Waals surface area contributed by atoms with Gasteiger partial charge in [0.15, 0.2) is 0 Å². The molecule has 0 unspecified atom stereocenters. The van der Waals surface area contributed by atoms with E-state index in [1.807, 2.05) is 51.1 Å². The summed E-state index contributed by atoms with van der Waals surface area (Å²) in [6.45, 7) is 6.17. The Morgan fingerprint density at radius 1 is 1.28 bits per heavy atom. The molecule has 1 amide bonds. The van der Waals surface area contributed by atoms with Gasteiger partial charge in [-0.05, 0) is 51.8 Å². The summed E-state index contributed by atoms with van der Waals surface area (Å²) >= 11 is 7.52. The monoisotopic (exact) mass is 434 g/mol. The molecule has 0 bridgehead atoms. The molecule has 3 rings (SSSR count). The zero-order chi connectivity index (χ0) is 20.9. The number of anilines is 1. The fourth-order valence-electron chi connectivity index (χ4n) is 2.79. The van der Waals surface area contributed by atoms with Crippen LogP contribution in [0.15, 0.2) is 46.4 Å². The van der Waals surface area contributed by atoms with Gasteiger partial charge in [0.25, 0.3) is 0 Å². The molecule has 1 heterocycles. The van der Waals surface area contributed by atoms with Crippen LogP contribution < -0.4 is 10.1 Å². The number of nitrogens with zero attached hydrogens (tertiary/aromatic N) is 1. The third-order valence-electron chi connectivity index (χ3n) is 4.31. The Kier molecular flexibility index (Phi) is 6.92. The van der Waals surface area contributed by atoms with E-state index in [-0.39, 0.29) is 0 Å². The van der Waals surface area contributed by atoms with Crippen molar-refractivity contribution < 1.29 is 18.6 Å². The van der Waals surface area contributed by atoms with E-state index >= 15 is 0 Å². The Hall–Kier alpha value is -2.38. The quantitative estimate of drug-likeness (QED) is 0.228. The van der Waals surface area contributed by atoms with Gasteiger partial charge in [0, 0.05) is 17.8 Å². The Morgan fingerprint density at radius 3 is 2.79 bits per heavy atom. The number of nitrogens with one attached hydrogen (secondary N) is 1. The minimum atomic E-state index is -0.778. The number of fused-ring (bicyclic) bond motifs is 1. The summed E-state index contributed by atoms with van der Waals surface area (Å²) in [6, 6.07) is 11.6. The maximum atomic E-state index is 11.6. The number of hydrogen-bond donors (Lipinski definition) is 1. The minimum absolute atomic E-state index is 0.422. The number of rotatable bonds is 8. The normalized spacial score (nSPS) is 14.8. The van der Waals surface area contributed by atoms with Crippen LogP contribution in [0.25, 0.3) is 0 Å². The number of cyclic esters (lactones) is 1. The number of halogens is 1. The molecular weight excluding hydrogens is 412 g/mol. The van der Waals surface area contributed by atoms with Gasteiger partial charge in [-0.15, -0.1) is 0 Å². The van der Waals surface area contributed by atoms with E-state index in [1.165, 1.54) is 17.6 Å². The van der Waals surface area contributed by atoms with Crippen molar-refractivity contribution >= 4 is 41.6 Å². The van der Waals surface area contributed by atoms with Crippen molar-refractivity contribution in [1.82, 2.24) is 0 Å². The van der Waals surface area contributed by atoms with E-state index < -0.39 is 11.7 Å². The zero-order valence-corrected chi connectivity index (χ0v) is 18.1. The van der Waals surface area contributed by atoms with Gasteiger partial charge in [-0.1, -0.05) is 34.5 Å². The highest BCUT2D eigenvalue weighted by atomic mass is 35.5. The summed E-state index contributed by atoms with van der Waals surface area (Å²) in [6.07, 6.45) is 2.70. The van der Waals surface area contributed by atoms with Crippen molar-refractivity contribution in [2.24, 2.45) is 5.16 Å². The Morgan fingerprint density at radius 2 is 2.03 bits per heavy atom. The lowest BCUT2D eigenvalue weighted by Crippen LogP contribution is -2.34. The molecular formula is C21H23ClN2O4S. The van der Waals surface area contributed by atoms with Gasteiger partial charge in [-0.3, -0.25) is 5.32 Å². The lowest BCUT2D eigenvalue weighted by Gasteiger charge is -2.33. The first kappa shape index (κ1) is 21.3. The second-order valence-corrected chi connectivity index (χ2v) is 8.30. The van der Waals surface area contributed by atoms with Gasteiger partial charge in [0.05, 0.1) is 22.2 Å². The molecule has 2 aromatic rings. The fourth-order valence-corrected chi connectivity index (χ4v) is 3.48. The van der Waals surface area contributed by atoms with Crippen molar-refractivity contribution in [2.45, 2.75) is 44.1 Å². The number of benzene rings is 2. The number of amides is 1. The largest absolute Gasteiger partial charge is 0.494 e. The van der Waals surface area contributed by atoms with Gasteiger partial charge in [-0.2, -0.15) is 0 Å². The number of ether oxygens (including phenoxy) is 2. The molecule has 2 aromatic carbocycles. The molecule has 0 aromatic heterocycles. The number of carbonyl (C=O) groups excluding carboxylic acids is 1. The molecule has 1 aliphatic heterocycles. The topological polar surface area (TPSA) is 69.1 Å². The maximum absolute atomic E-state index is 11.6. The van der Waals surface area contributed by atoms with E-state index in [1.54, 1.807) is 12.3 Å². The SMILES string of the molecule is Cc1ccc(SON=CCCCOc2cc(Cl)c3c(c2)C(C)(C)OC(=O)N3)cc1. The van der Waals surface area contributed by atoms with Crippen molar-refractivity contribution in [3.8, 4) is 5.75 Å². The molecule has 8 heteroatoms. The van der Waals surface area contributed by atoms with Crippen LogP contribution in [0.4, 0.5) is 10.5 Å². The summed E-state index contributed by atoms with van der Waals surface area (Å²) < 4.78 is 16.3. The fraction of sp³-hybridized carbons (Fsp3) is 0.333. The van der Waals surface area contributed by atoms with E-state index in [9.17, 15) is 4.79 Å². The summed E-state index contributed by atoms with van der Waals surface area (Å²) in [5.74, 6) is 0.629. The van der Waals surface area contributed by atoms with Gasteiger partial charge >= 0.3 is 6.09 Å². The molecule has 0 atom stereocenters. The molecule has 0 fully saturated rings. The highest BCUT2D eigenvalue weighted by Gasteiger charge is 2.35. The van der Waals surface area contributed by atoms with Crippen LogP contribution in [0.2, 0.25) is 5.02 Å². The predicted octanol–water partition coefficient (Wildman–Crippen LogP) is 6.31. The minimum Gasteiger partial charge on any atom is -0.494 e. The zero-order valence-electron chi connectivity index (χ0n) is 16.5. The Balaban J connectivity index is 1.43. The number of unbranched alkanes of at least 4 members (excludes halogenated alkanes) is 1. The van der Waals surface area contributed by atoms with Gasteiger partial charge < -0.3 is 13.8 Å². The van der Waals surface area contributed by atoms with Crippen LogP contribution >= 0.6 is 23.6 Å². The molecule has 0 aliphatic carbocycles. The molecule has 29 heavy (non-hydrogen) atoms. The molecule has 1 N–H and O–H groups in total. The number of oxime groups is 1. The highest BCUT2D eigenvalue weighted by Crippen LogP contribution is 2.42. The van der Waals surface area contributed by atoms with Crippen LogP contribution in [0.1, 0.15) is 37.8 Å². The molecule has 0 spiro atoms. The third-order valence-corrected chi connectivity index (χ3v) is 5.23. The third kappa shape index (κ3) is 5.81. The molecule has 6 nitrogen and oxygen atoms in total. The smallest absolute Gasteiger partial charge is 0.412 e. The summed E-state index contributed by atoms with van der Waals surface area (Å²) in [5.41, 5.74) is 1.77. The van der Waals surface area contributed by atoms with E-state index in [0.29, 0.717) is 23.1 Å². The van der Waals surface area contributed by atoms with Crippen LogP contribution in [-0.2, 0) is 14.6 Å². The van der Waals surface area contributed by atoms with E-state index in [0.717, 1.165) is 23.3 Å². The highest BCUT2D eigenvalue weighted by molar-refractivity contribution is 7.94. The average molecular weight is 435 g/mol.